The molecular formula is C49H48N6. The zero-order valence-electron chi connectivity index (χ0n) is 32.0. The van der Waals surface area contributed by atoms with Gasteiger partial charge in [0.05, 0.1) is 5.70 Å². The van der Waals surface area contributed by atoms with Crippen molar-refractivity contribution in [3.05, 3.63) is 174 Å². The number of rotatable bonds is 5. The Morgan fingerprint density at radius 3 is 1.87 bits per heavy atom. The molecule has 0 fully saturated rings. The van der Waals surface area contributed by atoms with Crippen LogP contribution >= 0.6 is 0 Å². The molecule has 0 saturated heterocycles. The maximum Gasteiger partial charge on any atom is 0.178 e. The van der Waals surface area contributed by atoms with Gasteiger partial charge in [0.15, 0.2) is 11.6 Å². The molecule has 5 aromatic carbocycles. The molecule has 10 rings (SSSR count). The van der Waals surface area contributed by atoms with Gasteiger partial charge in [-0.1, -0.05) is 117 Å². The van der Waals surface area contributed by atoms with Gasteiger partial charge in [0.2, 0.25) is 0 Å². The average Bonchev–Trinajstić information content (AvgIpc) is 3.73. The van der Waals surface area contributed by atoms with E-state index < -0.39 is 0 Å². The second-order valence-electron chi connectivity index (χ2n) is 15.6. The topological polar surface area (TPSA) is 38.7 Å². The van der Waals surface area contributed by atoms with E-state index in [-0.39, 0.29) is 17.7 Å². The summed E-state index contributed by atoms with van der Waals surface area (Å²) in [4.78, 5) is 20.8. The molecule has 4 aliphatic heterocycles. The van der Waals surface area contributed by atoms with Crippen LogP contribution in [0.15, 0.2) is 158 Å². The van der Waals surface area contributed by atoms with E-state index >= 15 is 0 Å². The lowest BCUT2D eigenvalue weighted by molar-refractivity contribution is 0.0783. The number of hydrogen-bond donors (Lipinski definition) is 0. The van der Waals surface area contributed by atoms with Gasteiger partial charge in [0, 0.05) is 46.3 Å². The highest BCUT2D eigenvalue weighted by Gasteiger charge is 2.59. The van der Waals surface area contributed by atoms with E-state index in [2.05, 4.69) is 180 Å². The van der Waals surface area contributed by atoms with Crippen LogP contribution in [0.25, 0.3) is 5.70 Å². The average molecular weight is 721 g/mol. The Balaban J connectivity index is 1.25. The first-order valence-electron chi connectivity index (χ1n) is 20.2. The van der Waals surface area contributed by atoms with E-state index in [0.29, 0.717) is 11.8 Å². The van der Waals surface area contributed by atoms with Gasteiger partial charge in [-0.3, -0.25) is 0 Å². The fourth-order valence-electron chi connectivity index (χ4n) is 11.0. The van der Waals surface area contributed by atoms with Gasteiger partial charge in [-0.05, 0) is 104 Å². The highest BCUT2D eigenvalue weighted by molar-refractivity contribution is 5.90. The molecule has 0 N–H and O–H groups in total. The lowest BCUT2D eigenvalue weighted by atomic mass is 9.60. The Bertz CT molecular complexity index is 2360. The Hall–Kier alpha value is -5.88. The molecule has 4 aliphatic rings. The third kappa shape index (κ3) is 5.07. The highest BCUT2D eigenvalue weighted by atomic mass is 15.5. The molecule has 6 aromatic rings. The van der Waals surface area contributed by atoms with Gasteiger partial charge in [-0.15, -0.1) is 0 Å². The number of nitrogens with zero attached hydrogens (tertiary/aromatic N) is 6. The first-order chi connectivity index (χ1) is 27.1. The summed E-state index contributed by atoms with van der Waals surface area (Å²) >= 11 is 0. The van der Waals surface area contributed by atoms with Crippen LogP contribution in [0.4, 0.5) is 34.4 Å². The van der Waals surface area contributed by atoms with Crippen LogP contribution in [0.2, 0.25) is 0 Å². The third-order valence-electron chi connectivity index (χ3n) is 13.3. The van der Waals surface area contributed by atoms with Gasteiger partial charge in [0.1, 0.15) is 12.3 Å². The highest BCUT2D eigenvalue weighted by Crippen LogP contribution is 2.63. The fraction of sp³-hybridized carbons (Fsp3) is 0.265. The Labute approximate surface area is 325 Å². The molecule has 0 spiro atoms. The smallest absolute Gasteiger partial charge is 0.178 e. The van der Waals surface area contributed by atoms with Crippen LogP contribution < -0.4 is 19.6 Å². The van der Waals surface area contributed by atoms with E-state index in [1.54, 1.807) is 0 Å². The molecule has 0 saturated carbocycles. The number of hydrogen-bond acceptors (Lipinski definition) is 6. The van der Waals surface area contributed by atoms with Crippen LogP contribution in [-0.4, -0.2) is 22.3 Å². The summed E-state index contributed by atoms with van der Waals surface area (Å²) in [5.74, 6) is 2.57. The van der Waals surface area contributed by atoms with Crippen molar-refractivity contribution in [3.8, 4) is 0 Å². The van der Waals surface area contributed by atoms with Crippen molar-refractivity contribution in [2.24, 2.45) is 11.3 Å². The normalized spacial score (nSPS) is 24.1. The minimum atomic E-state index is -0.174. The molecule has 6 heteroatoms. The summed E-state index contributed by atoms with van der Waals surface area (Å²) in [6, 6.07) is 51.6. The number of anilines is 6. The summed E-state index contributed by atoms with van der Waals surface area (Å²) in [7, 11) is 0. The van der Waals surface area contributed by atoms with Crippen molar-refractivity contribution in [1.82, 2.24) is 9.97 Å². The van der Waals surface area contributed by atoms with Crippen molar-refractivity contribution < 1.29 is 0 Å². The number of benzene rings is 5. The summed E-state index contributed by atoms with van der Waals surface area (Å²) < 4.78 is 0. The molecule has 5 heterocycles. The predicted octanol–water partition coefficient (Wildman–Crippen LogP) is 11.7. The number of aromatic nitrogens is 2. The molecule has 274 valence electrons. The summed E-state index contributed by atoms with van der Waals surface area (Å²) in [5.41, 5.74) is 11.5. The van der Waals surface area contributed by atoms with E-state index in [1.165, 1.54) is 45.1 Å². The van der Waals surface area contributed by atoms with Crippen LogP contribution in [0.5, 0.6) is 0 Å². The zero-order valence-corrected chi connectivity index (χ0v) is 32.0. The molecule has 0 radical (unpaired) electrons. The maximum atomic E-state index is 5.17. The van der Waals surface area contributed by atoms with Gasteiger partial charge >= 0.3 is 0 Å². The van der Waals surface area contributed by atoms with Crippen molar-refractivity contribution >= 4 is 40.1 Å². The Kier molecular flexibility index (Phi) is 8.24. The predicted molar refractivity (Wildman–Crippen MR) is 226 cm³/mol. The van der Waals surface area contributed by atoms with Crippen LogP contribution in [0, 0.1) is 11.3 Å². The van der Waals surface area contributed by atoms with Crippen LogP contribution in [0.3, 0.4) is 0 Å². The summed E-state index contributed by atoms with van der Waals surface area (Å²) in [6.45, 7) is 7.22. The SMILES string of the molecule is CCC1c2ccccc2N2c3nccnc3N(c3ccccc3)C2C2(CC)CCC3N(c4ccccc4)C(c4ccccc4)=C(C)N3c3ccccc3CC12. The second kappa shape index (κ2) is 13.5. The lowest BCUT2D eigenvalue weighted by Crippen LogP contribution is -2.55. The van der Waals surface area contributed by atoms with Gasteiger partial charge in [-0.25, -0.2) is 9.97 Å². The Morgan fingerprint density at radius 2 is 1.20 bits per heavy atom. The minimum absolute atomic E-state index is 0.0343. The van der Waals surface area contributed by atoms with Crippen molar-refractivity contribution in [2.75, 3.05) is 19.6 Å². The van der Waals surface area contributed by atoms with Gasteiger partial charge in [0.25, 0.3) is 0 Å². The minimum Gasteiger partial charge on any atom is -0.322 e. The van der Waals surface area contributed by atoms with E-state index in [1.807, 2.05) is 12.4 Å². The van der Waals surface area contributed by atoms with Gasteiger partial charge in [-0.2, -0.15) is 0 Å². The molecule has 5 unspecified atom stereocenters. The largest absolute Gasteiger partial charge is 0.322 e. The van der Waals surface area contributed by atoms with Gasteiger partial charge < -0.3 is 19.6 Å². The molecule has 0 aliphatic carbocycles. The second-order valence-corrected chi connectivity index (χ2v) is 15.6. The van der Waals surface area contributed by atoms with E-state index in [0.717, 1.165) is 49.4 Å². The van der Waals surface area contributed by atoms with E-state index in [4.69, 9.17) is 9.97 Å². The maximum absolute atomic E-state index is 5.17. The molecule has 5 atom stereocenters. The zero-order chi connectivity index (χ0) is 37.1. The summed E-state index contributed by atoms with van der Waals surface area (Å²) in [6.07, 6.45) is 8.82. The first kappa shape index (κ1) is 33.7. The number of allylic oxidation sites excluding steroid dienone is 1. The molecule has 0 amide bonds. The molecule has 1 aromatic heterocycles. The molecule has 0 bridgehead atoms. The standard InChI is InChI=1S/C49H48N6/c1-4-39-40-26-16-18-28-43(40)55-47-46(50-31-32-51-47)54(38-24-13-8-14-25-38)48(55)49(5-2)30-29-44-52(42-27-17-15-21-36(42)33-41(39)49)34(3)45(35-19-9-6-10-20-35)53(44)37-22-11-7-12-23-37/h6-28,31-32,39,41,44,48H,4-5,29-30,33H2,1-3H3. The molecular weight excluding hydrogens is 673 g/mol. The lowest BCUT2D eigenvalue weighted by Gasteiger charge is -2.51. The summed E-state index contributed by atoms with van der Waals surface area (Å²) in [5, 5.41) is 0. The van der Waals surface area contributed by atoms with Crippen molar-refractivity contribution in [2.45, 2.75) is 71.1 Å². The third-order valence-corrected chi connectivity index (χ3v) is 13.3. The molecule has 55 heavy (non-hydrogen) atoms. The van der Waals surface area contributed by atoms with Crippen molar-refractivity contribution in [1.29, 1.82) is 0 Å². The monoisotopic (exact) mass is 720 g/mol. The van der Waals surface area contributed by atoms with E-state index in [9.17, 15) is 0 Å². The van der Waals surface area contributed by atoms with Crippen LogP contribution in [0.1, 0.15) is 69.1 Å². The first-order valence-corrected chi connectivity index (χ1v) is 20.2. The quantitative estimate of drug-likeness (QED) is 0.177. The Morgan fingerprint density at radius 1 is 0.618 bits per heavy atom. The number of fused-ring (bicyclic) bond motifs is 10. The fourth-order valence-corrected chi connectivity index (χ4v) is 11.0. The number of para-hydroxylation sites is 4. The molecule has 6 nitrogen and oxygen atoms in total. The van der Waals surface area contributed by atoms with Crippen LogP contribution in [-0.2, 0) is 6.42 Å². The van der Waals surface area contributed by atoms with Crippen molar-refractivity contribution in [3.63, 3.8) is 0 Å².